The summed E-state index contributed by atoms with van der Waals surface area (Å²) in [6, 6.07) is 21.1. The van der Waals surface area contributed by atoms with E-state index in [1.54, 1.807) is 11.9 Å². The van der Waals surface area contributed by atoms with Gasteiger partial charge in [-0.3, -0.25) is 0 Å². The summed E-state index contributed by atoms with van der Waals surface area (Å²) in [5.74, 6) is 0. The van der Waals surface area contributed by atoms with Crippen molar-refractivity contribution < 1.29 is 0 Å². The molecule has 1 aromatic heterocycles. The van der Waals surface area contributed by atoms with E-state index in [9.17, 15) is 0 Å². The number of nitrogens with one attached hydrogen (secondary N) is 1. The monoisotopic (exact) mass is 392 g/mol. The Morgan fingerprint density at radius 2 is 1.78 bits per heavy atom. The molecule has 0 saturated heterocycles. The summed E-state index contributed by atoms with van der Waals surface area (Å²) >= 11 is 3.08. The minimum absolute atomic E-state index is 0.588. The predicted molar refractivity (Wildman–Crippen MR) is 120 cm³/mol. The van der Waals surface area contributed by atoms with Gasteiger partial charge in [-0.1, -0.05) is 36.4 Å². The van der Waals surface area contributed by atoms with Crippen LogP contribution in [0.1, 0.15) is 0 Å². The number of hydrogen-bond acceptors (Lipinski definition) is 6. The van der Waals surface area contributed by atoms with Crippen LogP contribution < -0.4 is 15.4 Å². The quantitative estimate of drug-likeness (QED) is 0.425. The van der Waals surface area contributed by atoms with E-state index in [4.69, 9.17) is 5.73 Å². The van der Waals surface area contributed by atoms with Gasteiger partial charge in [0.15, 0.2) is 5.13 Å². The van der Waals surface area contributed by atoms with Crippen LogP contribution in [0.5, 0.6) is 0 Å². The number of hydrogen-bond donors (Lipinski definition) is 2. The third-order valence-corrected chi connectivity index (χ3v) is 5.89. The molecule has 0 aliphatic rings. The van der Waals surface area contributed by atoms with Crippen molar-refractivity contribution in [1.82, 2.24) is 4.98 Å². The van der Waals surface area contributed by atoms with E-state index in [1.807, 2.05) is 17.5 Å². The molecule has 4 nitrogen and oxygen atoms in total. The highest BCUT2D eigenvalue weighted by Crippen LogP contribution is 2.34. The van der Waals surface area contributed by atoms with E-state index in [0.29, 0.717) is 5.13 Å². The summed E-state index contributed by atoms with van der Waals surface area (Å²) in [6.45, 7) is 0. The number of nitrogens with two attached hydrogens (primary N) is 1. The lowest BCUT2D eigenvalue weighted by atomic mass is 10.1. The zero-order valence-corrected chi connectivity index (χ0v) is 16.8. The van der Waals surface area contributed by atoms with Gasteiger partial charge in [-0.2, -0.15) is 0 Å². The Hall–Kier alpha value is -2.70. The second kappa shape index (κ2) is 7.50. The first-order valence-corrected chi connectivity index (χ1v) is 10.2. The molecule has 0 atom stereocenters. The van der Waals surface area contributed by atoms with Crippen molar-refractivity contribution in [3.8, 4) is 11.3 Å². The van der Waals surface area contributed by atoms with Crippen LogP contribution in [0, 0.1) is 0 Å². The molecule has 6 heteroatoms. The maximum Gasteiger partial charge on any atom is 0.180 e. The molecule has 0 radical (unpaired) electrons. The molecule has 1 heterocycles. The Kier molecular flexibility index (Phi) is 4.92. The summed E-state index contributed by atoms with van der Waals surface area (Å²) < 4.78 is 3.47. The first-order chi connectivity index (χ1) is 13.1. The Balaban J connectivity index is 1.60. The fourth-order valence-electron chi connectivity index (χ4n) is 3.02. The zero-order valence-electron chi connectivity index (χ0n) is 15.1. The van der Waals surface area contributed by atoms with Crippen LogP contribution in [0.25, 0.3) is 22.0 Å². The van der Waals surface area contributed by atoms with Crippen molar-refractivity contribution in [3.05, 3.63) is 66.0 Å². The van der Waals surface area contributed by atoms with Crippen LogP contribution in [-0.4, -0.2) is 19.1 Å². The first kappa shape index (κ1) is 17.7. The molecule has 4 rings (SSSR count). The van der Waals surface area contributed by atoms with Crippen molar-refractivity contribution in [2.45, 2.75) is 4.90 Å². The summed E-state index contributed by atoms with van der Waals surface area (Å²) in [5.41, 5.74) is 9.98. The second-order valence-corrected chi connectivity index (χ2v) is 8.12. The summed E-state index contributed by atoms with van der Waals surface area (Å²) in [7, 11) is 4.15. The fourth-order valence-corrected chi connectivity index (χ4v) is 4.38. The highest BCUT2D eigenvalue weighted by molar-refractivity contribution is 8.00. The fraction of sp³-hybridized carbons (Fsp3) is 0.0952. The third-order valence-electron chi connectivity index (χ3n) is 4.30. The van der Waals surface area contributed by atoms with Gasteiger partial charge >= 0.3 is 0 Å². The number of aromatic nitrogens is 1. The van der Waals surface area contributed by atoms with Gasteiger partial charge in [-0.25, -0.2) is 4.98 Å². The van der Waals surface area contributed by atoms with E-state index >= 15 is 0 Å². The van der Waals surface area contributed by atoms with Crippen molar-refractivity contribution in [2.24, 2.45) is 0 Å². The summed E-state index contributed by atoms with van der Waals surface area (Å²) in [6.07, 6.45) is 0. The molecule has 0 amide bonds. The number of rotatable bonds is 5. The molecule has 0 bridgehead atoms. The minimum atomic E-state index is 0.588. The number of nitrogens with zero attached hydrogens (tertiary/aromatic N) is 2. The lowest BCUT2D eigenvalue weighted by Gasteiger charge is -2.17. The van der Waals surface area contributed by atoms with E-state index < -0.39 is 0 Å². The SMILES string of the molecule is CN(C)c1cccc2c(SNc3cccc(-c4csc(N)n4)c3)cccc12. The smallest absolute Gasteiger partial charge is 0.180 e. The molecule has 0 fully saturated rings. The average Bonchev–Trinajstić information content (AvgIpc) is 3.12. The molecule has 0 aliphatic carbocycles. The maximum absolute atomic E-state index is 5.76. The van der Waals surface area contributed by atoms with E-state index in [0.717, 1.165) is 16.9 Å². The van der Waals surface area contributed by atoms with E-state index in [1.165, 1.54) is 32.7 Å². The number of fused-ring (bicyclic) bond motifs is 1. The van der Waals surface area contributed by atoms with Crippen molar-refractivity contribution in [2.75, 3.05) is 29.5 Å². The highest BCUT2D eigenvalue weighted by atomic mass is 32.2. The molecule has 0 unspecified atom stereocenters. The van der Waals surface area contributed by atoms with E-state index in [-0.39, 0.29) is 0 Å². The second-order valence-electron chi connectivity index (χ2n) is 6.38. The molecule has 4 aromatic rings. The Morgan fingerprint density at radius 1 is 1.00 bits per heavy atom. The number of thiazole rings is 1. The van der Waals surface area contributed by atoms with Crippen LogP contribution in [-0.2, 0) is 0 Å². The zero-order chi connectivity index (χ0) is 18.8. The van der Waals surface area contributed by atoms with Gasteiger partial charge in [0.2, 0.25) is 0 Å². The molecular weight excluding hydrogens is 372 g/mol. The van der Waals surface area contributed by atoms with Gasteiger partial charge in [0.25, 0.3) is 0 Å². The van der Waals surface area contributed by atoms with Gasteiger partial charge in [0.1, 0.15) is 0 Å². The molecule has 0 aliphatic heterocycles. The Labute approximate surface area is 167 Å². The molecule has 3 N–H and O–H groups in total. The first-order valence-electron chi connectivity index (χ1n) is 8.55. The Bertz CT molecular complexity index is 1090. The maximum atomic E-state index is 5.76. The molecule has 27 heavy (non-hydrogen) atoms. The van der Waals surface area contributed by atoms with Crippen LogP contribution in [0.4, 0.5) is 16.5 Å². The summed E-state index contributed by atoms with van der Waals surface area (Å²) in [5, 5.41) is 5.06. The lowest BCUT2D eigenvalue weighted by molar-refractivity contribution is 1.14. The molecule has 0 saturated carbocycles. The lowest BCUT2D eigenvalue weighted by Crippen LogP contribution is -2.08. The van der Waals surface area contributed by atoms with Crippen LogP contribution in [0.15, 0.2) is 70.9 Å². The number of nitrogen functional groups attached to an aromatic ring is 1. The molecule has 0 spiro atoms. The largest absolute Gasteiger partial charge is 0.377 e. The number of anilines is 3. The van der Waals surface area contributed by atoms with Crippen molar-refractivity contribution in [3.63, 3.8) is 0 Å². The van der Waals surface area contributed by atoms with Crippen LogP contribution in [0.3, 0.4) is 0 Å². The van der Waals surface area contributed by atoms with Gasteiger partial charge < -0.3 is 15.4 Å². The van der Waals surface area contributed by atoms with Crippen LogP contribution >= 0.6 is 23.3 Å². The van der Waals surface area contributed by atoms with Crippen molar-refractivity contribution >= 4 is 50.6 Å². The van der Waals surface area contributed by atoms with Gasteiger partial charge in [0, 0.05) is 46.7 Å². The molecule has 136 valence electrons. The van der Waals surface area contributed by atoms with Gasteiger partial charge in [0.05, 0.1) is 5.69 Å². The van der Waals surface area contributed by atoms with Crippen molar-refractivity contribution in [1.29, 1.82) is 0 Å². The van der Waals surface area contributed by atoms with Gasteiger partial charge in [-0.15, -0.1) is 11.3 Å². The van der Waals surface area contributed by atoms with E-state index in [2.05, 4.69) is 77.2 Å². The third kappa shape index (κ3) is 3.72. The van der Waals surface area contributed by atoms with Crippen LogP contribution in [0.2, 0.25) is 0 Å². The highest BCUT2D eigenvalue weighted by Gasteiger charge is 2.08. The predicted octanol–water partition coefficient (Wildman–Crippen LogP) is 5.73. The number of benzene rings is 3. The molecule has 3 aromatic carbocycles. The topological polar surface area (TPSA) is 54.2 Å². The minimum Gasteiger partial charge on any atom is -0.377 e. The Morgan fingerprint density at radius 3 is 2.56 bits per heavy atom. The van der Waals surface area contributed by atoms with Gasteiger partial charge in [-0.05, 0) is 41.6 Å². The average molecular weight is 393 g/mol. The normalized spacial score (nSPS) is 10.9. The molecular formula is C21H20N4S2. The standard InChI is InChI=1S/C21H20N4S2/c1-25(2)19-10-4-9-17-16(19)8-5-11-20(17)27-24-15-7-3-6-14(12-15)18-13-26-21(22)23-18/h3-13,24H,1-2H3,(H2,22,23). The summed E-state index contributed by atoms with van der Waals surface area (Å²) in [4.78, 5) is 7.70.